The van der Waals surface area contributed by atoms with E-state index in [-0.39, 0.29) is 12.7 Å². The highest BCUT2D eigenvalue weighted by atomic mass is 16.5. The minimum atomic E-state index is 0.0388. The van der Waals surface area contributed by atoms with Crippen LogP contribution in [0.2, 0.25) is 0 Å². The molecule has 0 aliphatic heterocycles. The molecule has 2 nitrogen and oxygen atoms in total. The molecule has 134 valence electrons. The van der Waals surface area contributed by atoms with Crippen molar-refractivity contribution in [2.24, 2.45) is 0 Å². The first-order valence-electron chi connectivity index (χ1n) is 9.43. The van der Waals surface area contributed by atoms with Crippen LogP contribution in [0.1, 0.15) is 77.6 Å². The van der Waals surface area contributed by atoms with Gasteiger partial charge in [-0.1, -0.05) is 75.5 Å². The van der Waals surface area contributed by atoms with Crippen LogP contribution in [0.5, 0.6) is 0 Å². The van der Waals surface area contributed by atoms with Crippen molar-refractivity contribution in [3.8, 4) is 0 Å². The summed E-state index contributed by atoms with van der Waals surface area (Å²) in [5.41, 5.74) is 0. The lowest BCUT2D eigenvalue weighted by atomic mass is 10.1. The highest BCUT2D eigenvalue weighted by Gasteiger charge is 2.03. The normalized spacial score (nSPS) is 13.7. The van der Waals surface area contributed by atoms with E-state index in [1.807, 2.05) is 0 Å². The Bertz CT molecular complexity index is 301. The lowest BCUT2D eigenvalue weighted by Crippen LogP contribution is -2.14. The Morgan fingerprint density at radius 3 is 1.96 bits per heavy atom. The SMILES string of the molecule is CC/C=C\C/C=C\C/C=C\CCCCCCCCC(CO)OC. The summed E-state index contributed by atoms with van der Waals surface area (Å²) >= 11 is 0. The van der Waals surface area contributed by atoms with Gasteiger partial charge in [-0.25, -0.2) is 0 Å². The Hall–Kier alpha value is -0.860. The Morgan fingerprint density at radius 2 is 1.35 bits per heavy atom. The first-order valence-corrected chi connectivity index (χ1v) is 9.43. The van der Waals surface area contributed by atoms with Gasteiger partial charge >= 0.3 is 0 Å². The van der Waals surface area contributed by atoms with Crippen molar-refractivity contribution >= 4 is 0 Å². The second kappa shape index (κ2) is 19.2. The van der Waals surface area contributed by atoms with Crippen molar-refractivity contribution in [1.82, 2.24) is 0 Å². The van der Waals surface area contributed by atoms with Crippen molar-refractivity contribution in [2.45, 2.75) is 83.7 Å². The van der Waals surface area contributed by atoms with Crippen LogP contribution < -0.4 is 0 Å². The first kappa shape index (κ1) is 22.1. The molecule has 0 rings (SSSR count). The molecule has 1 atom stereocenters. The average Bonchev–Trinajstić information content (AvgIpc) is 2.58. The van der Waals surface area contributed by atoms with Crippen molar-refractivity contribution < 1.29 is 9.84 Å². The third-order valence-electron chi connectivity index (χ3n) is 3.96. The van der Waals surface area contributed by atoms with E-state index >= 15 is 0 Å². The Morgan fingerprint density at radius 1 is 0.783 bits per heavy atom. The standard InChI is InChI=1S/C21H38O2/c1-3-4-5-6-7-8-9-10-11-12-13-14-15-16-17-18-19-21(20-22)23-2/h4-5,7-8,10-11,21-22H,3,6,9,12-20H2,1-2H3/b5-4-,8-7-,11-10-. The van der Waals surface area contributed by atoms with Gasteiger partial charge in [0.25, 0.3) is 0 Å². The third kappa shape index (κ3) is 17.3. The number of allylic oxidation sites excluding steroid dienone is 6. The van der Waals surface area contributed by atoms with Crippen LogP contribution in [0, 0.1) is 0 Å². The largest absolute Gasteiger partial charge is 0.394 e. The Kier molecular flexibility index (Phi) is 18.5. The van der Waals surface area contributed by atoms with Gasteiger partial charge in [0.1, 0.15) is 0 Å². The predicted octanol–water partition coefficient (Wildman–Crippen LogP) is 5.97. The van der Waals surface area contributed by atoms with Crippen molar-refractivity contribution in [3.05, 3.63) is 36.5 Å². The zero-order valence-corrected chi connectivity index (χ0v) is 15.4. The summed E-state index contributed by atoms with van der Waals surface area (Å²) in [7, 11) is 1.67. The highest BCUT2D eigenvalue weighted by Crippen LogP contribution is 2.11. The van der Waals surface area contributed by atoms with Crippen LogP contribution in [-0.4, -0.2) is 24.9 Å². The van der Waals surface area contributed by atoms with E-state index in [4.69, 9.17) is 9.84 Å². The van der Waals surface area contributed by atoms with Gasteiger partial charge < -0.3 is 9.84 Å². The molecule has 0 bridgehead atoms. The fourth-order valence-electron chi connectivity index (χ4n) is 2.45. The number of rotatable bonds is 16. The van der Waals surface area contributed by atoms with Crippen molar-refractivity contribution in [1.29, 1.82) is 0 Å². The molecule has 0 aliphatic rings. The molecule has 2 heteroatoms. The summed E-state index contributed by atoms with van der Waals surface area (Å²) in [5.74, 6) is 0. The zero-order chi connectivity index (χ0) is 17.0. The monoisotopic (exact) mass is 322 g/mol. The van der Waals surface area contributed by atoms with E-state index in [9.17, 15) is 0 Å². The number of aliphatic hydroxyl groups excluding tert-OH is 1. The fraction of sp³-hybridized carbons (Fsp3) is 0.714. The minimum Gasteiger partial charge on any atom is -0.394 e. The highest BCUT2D eigenvalue weighted by molar-refractivity contribution is 4.96. The molecule has 0 fully saturated rings. The molecular formula is C21H38O2. The van der Waals surface area contributed by atoms with E-state index in [1.54, 1.807) is 7.11 Å². The molecule has 0 amide bonds. The van der Waals surface area contributed by atoms with E-state index in [1.165, 1.54) is 44.9 Å². The second-order valence-electron chi connectivity index (χ2n) is 6.03. The number of hydrogen-bond acceptors (Lipinski definition) is 2. The molecule has 0 saturated heterocycles. The average molecular weight is 323 g/mol. The lowest BCUT2D eigenvalue weighted by Gasteiger charge is -2.11. The molecule has 1 unspecified atom stereocenters. The van der Waals surface area contributed by atoms with Gasteiger partial charge in [0.15, 0.2) is 0 Å². The maximum atomic E-state index is 9.01. The molecule has 0 aromatic heterocycles. The third-order valence-corrected chi connectivity index (χ3v) is 3.96. The first-order chi connectivity index (χ1) is 11.3. The molecule has 0 radical (unpaired) electrons. The van der Waals surface area contributed by atoms with E-state index in [0.717, 1.165) is 25.7 Å². The maximum Gasteiger partial charge on any atom is 0.0802 e. The van der Waals surface area contributed by atoms with Crippen LogP contribution >= 0.6 is 0 Å². The van der Waals surface area contributed by atoms with Gasteiger partial charge in [0.05, 0.1) is 12.7 Å². The molecule has 0 aromatic carbocycles. The van der Waals surface area contributed by atoms with E-state index < -0.39 is 0 Å². The van der Waals surface area contributed by atoms with Crippen LogP contribution in [0.3, 0.4) is 0 Å². The molecule has 0 aliphatic carbocycles. The summed E-state index contributed by atoms with van der Waals surface area (Å²) in [5, 5.41) is 9.01. The molecule has 23 heavy (non-hydrogen) atoms. The summed E-state index contributed by atoms with van der Waals surface area (Å²) < 4.78 is 5.16. The Labute approximate surface area is 144 Å². The van der Waals surface area contributed by atoms with Gasteiger partial charge in [-0.15, -0.1) is 0 Å². The van der Waals surface area contributed by atoms with E-state index in [2.05, 4.69) is 43.4 Å². The topological polar surface area (TPSA) is 29.5 Å². The van der Waals surface area contributed by atoms with Crippen molar-refractivity contribution in [3.63, 3.8) is 0 Å². The zero-order valence-electron chi connectivity index (χ0n) is 15.4. The van der Waals surface area contributed by atoms with Crippen LogP contribution in [-0.2, 0) is 4.74 Å². The van der Waals surface area contributed by atoms with Crippen LogP contribution in [0.25, 0.3) is 0 Å². The summed E-state index contributed by atoms with van der Waals surface area (Å²) in [6.07, 6.45) is 26.7. The van der Waals surface area contributed by atoms with Gasteiger partial charge in [-0.2, -0.15) is 0 Å². The van der Waals surface area contributed by atoms with Gasteiger partial charge in [0.2, 0.25) is 0 Å². The minimum absolute atomic E-state index is 0.0388. The molecule has 0 heterocycles. The predicted molar refractivity (Wildman–Crippen MR) is 102 cm³/mol. The Balaban J connectivity index is 3.26. The van der Waals surface area contributed by atoms with Crippen LogP contribution in [0.15, 0.2) is 36.5 Å². The van der Waals surface area contributed by atoms with Gasteiger partial charge in [0, 0.05) is 7.11 Å². The quantitative estimate of drug-likeness (QED) is 0.280. The van der Waals surface area contributed by atoms with Crippen molar-refractivity contribution in [2.75, 3.05) is 13.7 Å². The summed E-state index contributed by atoms with van der Waals surface area (Å²) in [4.78, 5) is 0. The number of ether oxygens (including phenoxy) is 1. The van der Waals surface area contributed by atoms with Gasteiger partial charge in [-0.3, -0.25) is 0 Å². The molecular weight excluding hydrogens is 284 g/mol. The van der Waals surface area contributed by atoms with Crippen LogP contribution in [0.4, 0.5) is 0 Å². The van der Waals surface area contributed by atoms with E-state index in [0.29, 0.717) is 0 Å². The summed E-state index contributed by atoms with van der Waals surface area (Å²) in [6.45, 7) is 2.31. The number of methoxy groups -OCH3 is 1. The maximum absolute atomic E-state index is 9.01. The smallest absolute Gasteiger partial charge is 0.0802 e. The summed E-state index contributed by atoms with van der Waals surface area (Å²) in [6, 6.07) is 0. The number of hydrogen-bond donors (Lipinski definition) is 1. The second-order valence-corrected chi connectivity index (χ2v) is 6.03. The fourth-order valence-corrected chi connectivity index (χ4v) is 2.45. The number of unbranched alkanes of at least 4 members (excludes halogenated alkanes) is 6. The number of aliphatic hydroxyl groups is 1. The molecule has 0 spiro atoms. The lowest BCUT2D eigenvalue weighted by molar-refractivity contribution is 0.0415. The molecule has 0 saturated carbocycles. The molecule has 1 N–H and O–H groups in total. The van der Waals surface area contributed by atoms with Gasteiger partial charge in [-0.05, 0) is 38.5 Å². The molecule has 0 aromatic rings.